The van der Waals surface area contributed by atoms with E-state index in [1.54, 1.807) is 62.6 Å². The van der Waals surface area contributed by atoms with Gasteiger partial charge in [0.25, 0.3) is 10.0 Å². The highest BCUT2D eigenvalue weighted by molar-refractivity contribution is 7.92. The van der Waals surface area contributed by atoms with E-state index in [1.807, 2.05) is 12.1 Å². The number of aryl methyl sites for hydroxylation is 1. The zero-order valence-electron chi connectivity index (χ0n) is 17.2. The molecule has 1 amide bonds. The summed E-state index contributed by atoms with van der Waals surface area (Å²) < 4.78 is 32.9. The second-order valence-corrected chi connectivity index (χ2v) is 9.18. The smallest absolute Gasteiger partial charge is 0.264 e. The number of ether oxygens (including phenoxy) is 1. The number of hydrogen-bond acceptors (Lipinski definition) is 4. The molecule has 0 radical (unpaired) electrons. The van der Waals surface area contributed by atoms with E-state index in [1.165, 1.54) is 12.1 Å². The van der Waals surface area contributed by atoms with E-state index in [2.05, 4.69) is 5.32 Å². The Kier molecular flexibility index (Phi) is 7.20. The molecule has 0 aromatic heterocycles. The Morgan fingerprint density at radius 3 is 2.32 bits per heavy atom. The van der Waals surface area contributed by atoms with Crippen LogP contribution >= 0.6 is 11.6 Å². The van der Waals surface area contributed by atoms with Crippen molar-refractivity contribution in [2.45, 2.75) is 18.4 Å². The van der Waals surface area contributed by atoms with Crippen molar-refractivity contribution in [1.29, 1.82) is 0 Å². The average molecular weight is 459 g/mol. The van der Waals surface area contributed by atoms with Crippen LogP contribution in [0.4, 0.5) is 5.69 Å². The van der Waals surface area contributed by atoms with E-state index >= 15 is 0 Å². The van der Waals surface area contributed by atoms with Gasteiger partial charge in [-0.2, -0.15) is 0 Å². The van der Waals surface area contributed by atoms with E-state index in [9.17, 15) is 13.2 Å². The zero-order valence-corrected chi connectivity index (χ0v) is 18.8. The standard InChI is InChI=1S/C23H23ClN2O4S/c1-17-14-19(24)10-13-22(17)26(31(28,29)21-6-4-3-5-7-21)16-23(27)25-15-18-8-11-20(30-2)12-9-18/h3-14H,15-16H2,1-2H3,(H,25,27). The maximum absolute atomic E-state index is 13.3. The van der Waals surface area contributed by atoms with Gasteiger partial charge in [0.15, 0.2) is 0 Å². The highest BCUT2D eigenvalue weighted by Crippen LogP contribution is 2.28. The van der Waals surface area contributed by atoms with Crippen molar-refractivity contribution in [3.8, 4) is 5.75 Å². The van der Waals surface area contributed by atoms with Crippen LogP contribution in [0.25, 0.3) is 0 Å². The number of amides is 1. The van der Waals surface area contributed by atoms with Crippen molar-refractivity contribution in [2.24, 2.45) is 0 Å². The number of halogens is 1. The van der Waals surface area contributed by atoms with Crippen LogP contribution in [0.1, 0.15) is 11.1 Å². The van der Waals surface area contributed by atoms with Gasteiger partial charge in [-0.15, -0.1) is 0 Å². The summed E-state index contributed by atoms with van der Waals surface area (Å²) in [5.41, 5.74) is 1.91. The molecule has 3 aromatic rings. The van der Waals surface area contributed by atoms with Crippen LogP contribution < -0.4 is 14.4 Å². The summed E-state index contributed by atoms with van der Waals surface area (Å²) in [5, 5.41) is 3.27. The first-order chi connectivity index (χ1) is 14.8. The molecular formula is C23H23ClN2O4S. The number of hydrogen-bond donors (Lipinski definition) is 1. The number of methoxy groups -OCH3 is 1. The first-order valence-corrected chi connectivity index (χ1v) is 11.4. The Balaban J connectivity index is 1.85. The van der Waals surface area contributed by atoms with Gasteiger partial charge in [0.05, 0.1) is 17.7 Å². The number of carbonyl (C=O) groups is 1. The quantitative estimate of drug-likeness (QED) is 0.549. The molecule has 8 heteroatoms. The molecule has 3 rings (SSSR count). The van der Waals surface area contributed by atoms with Crippen LogP contribution in [0.15, 0.2) is 77.7 Å². The number of nitrogens with zero attached hydrogens (tertiary/aromatic N) is 1. The minimum absolute atomic E-state index is 0.104. The predicted molar refractivity (Wildman–Crippen MR) is 122 cm³/mol. The summed E-state index contributed by atoms with van der Waals surface area (Å²) >= 11 is 6.04. The monoisotopic (exact) mass is 458 g/mol. The second kappa shape index (κ2) is 9.85. The Hall–Kier alpha value is -3.03. The molecule has 0 aliphatic rings. The predicted octanol–water partition coefficient (Wildman–Crippen LogP) is 4.17. The molecule has 0 aliphatic heterocycles. The Morgan fingerprint density at radius 2 is 1.71 bits per heavy atom. The summed E-state index contributed by atoms with van der Waals surface area (Å²) in [6.07, 6.45) is 0. The summed E-state index contributed by atoms with van der Waals surface area (Å²) in [4.78, 5) is 12.8. The summed E-state index contributed by atoms with van der Waals surface area (Å²) in [6.45, 7) is 1.65. The molecule has 0 saturated heterocycles. The fourth-order valence-corrected chi connectivity index (χ4v) is 4.78. The van der Waals surface area contributed by atoms with E-state index in [-0.39, 0.29) is 18.0 Å². The molecule has 0 aliphatic carbocycles. The van der Waals surface area contributed by atoms with Crippen molar-refractivity contribution < 1.29 is 17.9 Å². The van der Waals surface area contributed by atoms with Crippen LogP contribution in [0.2, 0.25) is 5.02 Å². The van der Waals surface area contributed by atoms with Gasteiger partial charge in [-0.05, 0) is 60.5 Å². The minimum atomic E-state index is -3.96. The maximum atomic E-state index is 13.3. The van der Waals surface area contributed by atoms with Crippen molar-refractivity contribution in [2.75, 3.05) is 18.0 Å². The van der Waals surface area contributed by atoms with Gasteiger partial charge >= 0.3 is 0 Å². The maximum Gasteiger partial charge on any atom is 0.264 e. The van der Waals surface area contributed by atoms with Crippen molar-refractivity contribution >= 4 is 33.2 Å². The van der Waals surface area contributed by atoms with Gasteiger partial charge in [-0.3, -0.25) is 9.10 Å². The van der Waals surface area contributed by atoms with Gasteiger partial charge < -0.3 is 10.1 Å². The number of carbonyl (C=O) groups excluding carboxylic acids is 1. The lowest BCUT2D eigenvalue weighted by molar-refractivity contribution is -0.119. The summed E-state index contributed by atoms with van der Waals surface area (Å²) in [5.74, 6) is 0.290. The van der Waals surface area contributed by atoms with E-state index in [4.69, 9.17) is 16.3 Å². The third-order valence-electron chi connectivity index (χ3n) is 4.69. The number of anilines is 1. The highest BCUT2D eigenvalue weighted by Gasteiger charge is 2.28. The summed E-state index contributed by atoms with van der Waals surface area (Å²) in [7, 11) is -2.38. The molecule has 0 fully saturated rings. The fourth-order valence-electron chi connectivity index (χ4n) is 3.05. The lowest BCUT2D eigenvalue weighted by Gasteiger charge is -2.25. The van der Waals surface area contributed by atoms with E-state index in [0.717, 1.165) is 9.87 Å². The van der Waals surface area contributed by atoms with Gasteiger partial charge in [-0.25, -0.2) is 8.42 Å². The third-order valence-corrected chi connectivity index (χ3v) is 6.70. The molecule has 162 valence electrons. The molecule has 1 N–H and O–H groups in total. The number of sulfonamides is 1. The Bertz CT molecular complexity index is 1150. The Morgan fingerprint density at radius 1 is 1.03 bits per heavy atom. The first-order valence-electron chi connectivity index (χ1n) is 9.55. The molecule has 0 bridgehead atoms. The molecule has 0 heterocycles. The lowest BCUT2D eigenvalue weighted by Crippen LogP contribution is -2.41. The van der Waals surface area contributed by atoms with Gasteiger partial charge in [0.2, 0.25) is 5.91 Å². The second-order valence-electron chi connectivity index (χ2n) is 6.88. The van der Waals surface area contributed by atoms with Crippen molar-refractivity contribution in [1.82, 2.24) is 5.32 Å². The molecule has 0 unspecified atom stereocenters. The minimum Gasteiger partial charge on any atom is -0.497 e. The highest BCUT2D eigenvalue weighted by atomic mass is 35.5. The van der Waals surface area contributed by atoms with E-state index in [0.29, 0.717) is 22.0 Å². The molecular weight excluding hydrogens is 436 g/mol. The Labute approximate surface area is 187 Å². The molecule has 3 aromatic carbocycles. The van der Waals surface area contributed by atoms with Gasteiger partial charge in [-0.1, -0.05) is 41.9 Å². The molecule has 0 atom stereocenters. The van der Waals surface area contributed by atoms with Gasteiger partial charge in [0.1, 0.15) is 12.3 Å². The third kappa shape index (κ3) is 5.57. The number of nitrogens with one attached hydrogen (secondary N) is 1. The van der Waals surface area contributed by atoms with Crippen LogP contribution in [0, 0.1) is 6.92 Å². The SMILES string of the molecule is COc1ccc(CNC(=O)CN(c2ccc(Cl)cc2C)S(=O)(=O)c2ccccc2)cc1. The van der Waals surface area contributed by atoms with Crippen molar-refractivity contribution in [3.05, 3.63) is 88.9 Å². The van der Waals surface area contributed by atoms with Crippen LogP contribution in [-0.2, 0) is 21.4 Å². The number of rotatable bonds is 8. The molecule has 0 spiro atoms. The molecule has 31 heavy (non-hydrogen) atoms. The topological polar surface area (TPSA) is 75.7 Å². The first kappa shape index (κ1) is 22.7. The average Bonchev–Trinajstić information content (AvgIpc) is 2.77. The largest absolute Gasteiger partial charge is 0.497 e. The normalized spacial score (nSPS) is 11.1. The van der Waals surface area contributed by atoms with Crippen LogP contribution in [0.5, 0.6) is 5.75 Å². The fraction of sp³-hybridized carbons (Fsp3) is 0.174. The van der Waals surface area contributed by atoms with Crippen LogP contribution in [-0.4, -0.2) is 28.0 Å². The molecule has 0 saturated carbocycles. The molecule has 6 nitrogen and oxygen atoms in total. The van der Waals surface area contributed by atoms with Crippen molar-refractivity contribution in [3.63, 3.8) is 0 Å². The van der Waals surface area contributed by atoms with Gasteiger partial charge in [0, 0.05) is 11.6 Å². The summed E-state index contributed by atoms with van der Waals surface area (Å²) in [6, 6.07) is 20.2. The van der Waals surface area contributed by atoms with Crippen LogP contribution in [0.3, 0.4) is 0 Å². The number of benzene rings is 3. The zero-order chi connectivity index (χ0) is 22.4. The lowest BCUT2D eigenvalue weighted by atomic mass is 10.2. The van der Waals surface area contributed by atoms with E-state index < -0.39 is 15.9 Å².